The van der Waals surface area contributed by atoms with Gasteiger partial charge in [-0.2, -0.15) is 0 Å². The normalized spacial score (nSPS) is 13.4. The quantitative estimate of drug-likeness (QED) is 0.0460. The maximum Gasteiger partial charge on any atom is 0.337 e. The van der Waals surface area contributed by atoms with Crippen LogP contribution in [-0.4, -0.2) is 71.3 Å². The summed E-state index contributed by atoms with van der Waals surface area (Å²) in [5.41, 5.74) is -2.23. The molecule has 50 heavy (non-hydrogen) atoms. The molecule has 278 valence electrons. The summed E-state index contributed by atoms with van der Waals surface area (Å²) in [7, 11) is 1.16. The minimum Gasteiger partial charge on any atom is -0.481 e. The Kier molecular flexibility index (Phi) is 21.8. The average molecular weight is 700 g/mol. The van der Waals surface area contributed by atoms with Crippen molar-refractivity contribution < 1.29 is 48.4 Å². The fourth-order valence-corrected chi connectivity index (χ4v) is 5.27. The lowest BCUT2D eigenvalue weighted by Crippen LogP contribution is -2.55. The molecule has 0 fully saturated rings. The van der Waals surface area contributed by atoms with E-state index in [9.17, 15) is 34.2 Å². The molecule has 0 spiro atoms. The van der Waals surface area contributed by atoms with Gasteiger partial charge in [0.25, 0.3) is 0 Å². The smallest absolute Gasteiger partial charge is 0.337 e. The van der Waals surface area contributed by atoms with Crippen LogP contribution in [0.4, 0.5) is 0 Å². The molecule has 0 bridgehead atoms. The highest BCUT2D eigenvalue weighted by Gasteiger charge is 2.49. The lowest BCUT2D eigenvalue weighted by atomic mass is 9.82. The van der Waals surface area contributed by atoms with Crippen LogP contribution in [0.25, 0.3) is 0 Å². The molecular formula is C39H57NO10. The first-order chi connectivity index (χ1) is 23.9. The van der Waals surface area contributed by atoms with Crippen LogP contribution in [0.5, 0.6) is 5.75 Å². The van der Waals surface area contributed by atoms with Gasteiger partial charge in [-0.3, -0.25) is 14.4 Å². The van der Waals surface area contributed by atoms with E-state index in [0.29, 0.717) is 37.0 Å². The number of Topliss-reactive ketones (excluding diaryl/α,β-unsaturated/α-hetero) is 1. The predicted octanol–water partition coefficient (Wildman–Crippen LogP) is 5.89. The monoisotopic (exact) mass is 699 g/mol. The average Bonchev–Trinajstić information content (AvgIpc) is 3.07. The Morgan fingerprint density at radius 1 is 0.940 bits per heavy atom. The van der Waals surface area contributed by atoms with Crippen molar-refractivity contribution in [1.82, 2.24) is 5.32 Å². The van der Waals surface area contributed by atoms with E-state index >= 15 is 0 Å². The van der Waals surface area contributed by atoms with Crippen molar-refractivity contribution in [2.75, 3.05) is 13.7 Å². The number of amides is 1. The van der Waals surface area contributed by atoms with Crippen molar-refractivity contribution in [2.24, 2.45) is 5.92 Å². The highest BCUT2D eigenvalue weighted by Crippen LogP contribution is 2.27. The third-order valence-electron chi connectivity index (χ3n) is 8.07. The van der Waals surface area contributed by atoms with Crippen molar-refractivity contribution in [2.45, 2.75) is 135 Å². The van der Waals surface area contributed by atoms with Crippen LogP contribution in [0.15, 0.2) is 36.4 Å². The summed E-state index contributed by atoms with van der Waals surface area (Å²) in [6.07, 6.45) is 11.6. The number of carbonyl (C=O) groups is 5. The van der Waals surface area contributed by atoms with E-state index in [0.717, 1.165) is 39.2 Å². The number of carbonyl (C=O) groups excluding carboxylic acids is 4. The van der Waals surface area contributed by atoms with Crippen molar-refractivity contribution in [1.29, 1.82) is 0 Å². The summed E-state index contributed by atoms with van der Waals surface area (Å²) in [5, 5.41) is 24.0. The molecule has 3 N–H and O–H groups in total. The number of benzene rings is 1. The van der Waals surface area contributed by atoms with E-state index in [1.165, 1.54) is 25.3 Å². The molecule has 0 heterocycles. The fourth-order valence-electron chi connectivity index (χ4n) is 5.27. The third kappa shape index (κ3) is 17.5. The molecule has 0 aliphatic rings. The molecule has 1 rings (SSSR count). The summed E-state index contributed by atoms with van der Waals surface area (Å²) in [5.74, 6) is 0.0593. The number of ketones is 1. The largest absolute Gasteiger partial charge is 0.481 e. The molecule has 1 amide bonds. The first kappa shape index (κ1) is 43.9. The van der Waals surface area contributed by atoms with E-state index in [1.54, 1.807) is 51.1 Å². The highest BCUT2D eigenvalue weighted by atomic mass is 16.5. The van der Waals surface area contributed by atoms with Gasteiger partial charge < -0.3 is 29.7 Å². The number of hydrogen-bond donors (Lipinski definition) is 3. The Bertz CT molecular complexity index is 1290. The van der Waals surface area contributed by atoms with Gasteiger partial charge in [0.05, 0.1) is 25.6 Å². The molecule has 0 radical (unpaired) electrons. The van der Waals surface area contributed by atoms with Gasteiger partial charge in [0.1, 0.15) is 24.2 Å². The van der Waals surface area contributed by atoms with Crippen LogP contribution in [-0.2, 0) is 39.9 Å². The number of carboxylic acid groups (broad SMARTS) is 1. The van der Waals surface area contributed by atoms with Crippen LogP contribution in [0.2, 0.25) is 0 Å². The number of rotatable bonds is 26. The molecule has 11 nitrogen and oxygen atoms in total. The SMILES string of the molecule is CC#CCOc1ccc(C[C@H](NC(=O)[C@@H](C=CCCCCCCC(=O)CCCCCCC)[C@@](O)(CC(=O)OC(C)C)C(=O)O)C(=O)OC)cc1. The number of nitrogens with one attached hydrogen (secondary N) is 1. The second-order valence-electron chi connectivity index (χ2n) is 12.7. The minimum absolute atomic E-state index is 0.00779. The number of allylic oxidation sites excluding steroid dienone is 1. The Balaban J connectivity index is 3.01. The Morgan fingerprint density at radius 3 is 2.12 bits per heavy atom. The third-order valence-corrected chi connectivity index (χ3v) is 8.07. The number of unbranched alkanes of at least 4 members (excludes halogenated alkanes) is 8. The van der Waals surface area contributed by atoms with E-state index < -0.39 is 53.9 Å². The van der Waals surface area contributed by atoms with Crippen LogP contribution >= 0.6 is 0 Å². The summed E-state index contributed by atoms with van der Waals surface area (Å²) in [4.78, 5) is 63.6. The summed E-state index contributed by atoms with van der Waals surface area (Å²) >= 11 is 0. The number of ether oxygens (including phenoxy) is 3. The number of hydrogen-bond acceptors (Lipinski definition) is 9. The molecular weight excluding hydrogens is 642 g/mol. The zero-order valence-electron chi connectivity index (χ0n) is 30.5. The molecule has 0 aliphatic heterocycles. The summed E-state index contributed by atoms with van der Waals surface area (Å²) < 4.78 is 15.5. The molecule has 0 saturated carbocycles. The first-order valence-electron chi connectivity index (χ1n) is 17.7. The number of esters is 2. The van der Waals surface area contributed by atoms with Gasteiger partial charge in [-0.15, -0.1) is 5.92 Å². The zero-order valence-corrected chi connectivity index (χ0v) is 30.5. The maximum absolute atomic E-state index is 13.7. The van der Waals surface area contributed by atoms with Crippen LogP contribution in [0.3, 0.4) is 0 Å². The molecule has 3 atom stereocenters. The second kappa shape index (κ2) is 24.9. The molecule has 0 aromatic heterocycles. The zero-order chi connectivity index (χ0) is 37.4. The maximum atomic E-state index is 13.7. The fraction of sp³-hybridized carbons (Fsp3) is 0.615. The van der Waals surface area contributed by atoms with Gasteiger partial charge in [0.15, 0.2) is 5.60 Å². The standard InChI is InChI=1S/C39H57NO10/c1-6-8-10-13-16-19-31(41)20-17-14-11-12-15-18-21-33(39(47,38(45)46)28-35(42)50-29(3)4)36(43)40-34(37(44)48-5)27-30-22-24-32(25-23-30)49-26-9-7-2/h18,21-25,29,33-34,47H,6,8,10-17,19-20,26-28H2,1-5H3,(H,40,43)(H,45,46)/t33-,34+,39+/m1/s1. The Hall–Kier alpha value is -4.17. The number of aliphatic hydroxyl groups is 1. The van der Waals surface area contributed by atoms with E-state index in [1.807, 2.05) is 0 Å². The number of aliphatic carboxylic acids is 1. The van der Waals surface area contributed by atoms with Gasteiger partial charge in [0, 0.05) is 19.3 Å². The van der Waals surface area contributed by atoms with Gasteiger partial charge >= 0.3 is 17.9 Å². The second-order valence-corrected chi connectivity index (χ2v) is 12.7. The minimum atomic E-state index is -2.87. The lowest BCUT2D eigenvalue weighted by Gasteiger charge is -2.30. The van der Waals surface area contributed by atoms with Gasteiger partial charge in [-0.1, -0.05) is 75.7 Å². The van der Waals surface area contributed by atoms with Crippen molar-refractivity contribution in [3.05, 3.63) is 42.0 Å². The summed E-state index contributed by atoms with van der Waals surface area (Å²) in [6.45, 7) is 7.22. The molecule has 11 heteroatoms. The van der Waals surface area contributed by atoms with E-state index in [-0.39, 0.29) is 18.8 Å². The molecule has 1 aromatic carbocycles. The summed E-state index contributed by atoms with van der Waals surface area (Å²) in [6, 6.07) is 5.54. The first-order valence-corrected chi connectivity index (χ1v) is 17.7. The molecule has 1 aromatic rings. The molecule has 0 saturated heterocycles. The topological polar surface area (TPSA) is 166 Å². The number of carboxylic acids is 1. The van der Waals surface area contributed by atoms with Crippen LogP contribution < -0.4 is 10.1 Å². The van der Waals surface area contributed by atoms with Crippen LogP contribution in [0, 0.1) is 17.8 Å². The predicted molar refractivity (Wildman–Crippen MR) is 190 cm³/mol. The van der Waals surface area contributed by atoms with Crippen LogP contribution in [0.1, 0.15) is 117 Å². The van der Waals surface area contributed by atoms with Gasteiger partial charge in [0.2, 0.25) is 5.91 Å². The van der Waals surface area contributed by atoms with Crippen molar-refractivity contribution >= 4 is 29.6 Å². The Morgan fingerprint density at radius 2 is 1.56 bits per heavy atom. The lowest BCUT2D eigenvalue weighted by molar-refractivity contribution is -0.175. The van der Waals surface area contributed by atoms with Gasteiger partial charge in [-0.05, 0) is 64.2 Å². The molecule has 0 unspecified atom stereocenters. The van der Waals surface area contributed by atoms with Gasteiger partial charge in [-0.25, -0.2) is 9.59 Å². The Labute approximate surface area is 297 Å². The number of methoxy groups -OCH3 is 1. The van der Waals surface area contributed by atoms with Crippen molar-refractivity contribution in [3.63, 3.8) is 0 Å². The highest BCUT2D eigenvalue weighted by molar-refractivity contribution is 5.95. The van der Waals surface area contributed by atoms with E-state index in [2.05, 4.69) is 24.1 Å². The molecule has 0 aliphatic carbocycles. The van der Waals surface area contributed by atoms with E-state index in [4.69, 9.17) is 14.2 Å². The van der Waals surface area contributed by atoms with Crippen molar-refractivity contribution in [3.8, 4) is 17.6 Å².